The molecule has 2 fully saturated rings. The van der Waals surface area contributed by atoms with Crippen molar-refractivity contribution in [2.45, 2.75) is 65.8 Å². The van der Waals surface area contributed by atoms with E-state index in [1.165, 1.54) is 11.4 Å². The van der Waals surface area contributed by atoms with Gasteiger partial charge in [0.15, 0.2) is 0 Å². The number of nitrogens with one attached hydrogen (secondary N) is 1. The molecule has 1 atom stereocenters. The second-order valence-electron chi connectivity index (χ2n) is 11.7. The van der Waals surface area contributed by atoms with Crippen LogP contribution in [-0.2, 0) is 9.53 Å². The second-order valence-corrected chi connectivity index (χ2v) is 11.7. The van der Waals surface area contributed by atoms with Crippen molar-refractivity contribution in [1.82, 2.24) is 10.2 Å². The molecule has 8 nitrogen and oxygen atoms in total. The first-order valence-corrected chi connectivity index (χ1v) is 15.7. The number of para-hydroxylation sites is 4. The maximum Gasteiger partial charge on any atom is 0.149 e. The minimum absolute atomic E-state index is 0.119. The van der Waals surface area contributed by atoms with Crippen LogP contribution in [0.2, 0.25) is 0 Å². The third kappa shape index (κ3) is 8.88. The van der Waals surface area contributed by atoms with E-state index in [2.05, 4.69) is 78.0 Å². The number of hydrogen-bond donors (Lipinski definition) is 1. The highest BCUT2D eigenvalue weighted by atomic mass is 16.5. The smallest absolute Gasteiger partial charge is 0.149 e. The number of benzene rings is 2. The van der Waals surface area contributed by atoms with E-state index < -0.39 is 0 Å². The predicted octanol–water partition coefficient (Wildman–Crippen LogP) is 5.13. The molecule has 0 aliphatic carbocycles. The zero-order chi connectivity index (χ0) is 29.9. The Bertz CT molecular complexity index is 1150. The number of piperazine rings is 2. The summed E-state index contributed by atoms with van der Waals surface area (Å²) in [5.41, 5.74) is 3.24. The lowest BCUT2D eigenvalue weighted by Crippen LogP contribution is -2.48. The molecule has 2 aromatic rings. The molecule has 230 valence electrons. The van der Waals surface area contributed by atoms with E-state index in [-0.39, 0.29) is 18.3 Å². The Balaban J connectivity index is 0.000000216. The topological polar surface area (TPSA) is 66.5 Å². The van der Waals surface area contributed by atoms with Gasteiger partial charge in [-0.1, -0.05) is 31.2 Å². The molecule has 42 heavy (non-hydrogen) atoms. The van der Waals surface area contributed by atoms with Gasteiger partial charge in [0, 0.05) is 77.3 Å². The van der Waals surface area contributed by atoms with Crippen LogP contribution in [0.5, 0.6) is 11.5 Å². The van der Waals surface area contributed by atoms with Crippen LogP contribution < -0.4 is 24.6 Å². The highest BCUT2D eigenvalue weighted by Gasteiger charge is 2.28. The lowest BCUT2D eigenvalue weighted by molar-refractivity contribution is -0.105. The predicted molar refractivity (Wildman–Crippen MR) is 171 cm³/mol. The van der Waals surface area contributed by atoms with Gasteiger partial charge in [0.05, 0.1) is 23.6 Å². The highest BCUT2D eigenvalue weighted by Crippen LogP contribution is 2.31. The molecule has 0 radical (unpaired) electrons. The summed E-state index contributed by atoms with van der Waals surface area (Å²) in [5.74, 6) is 2.84. The van der Waals surface area contributed by atoms with Crippen LogP contribution in [0.4, 0.5) is 11.4 Å². The highest BCUT2D eigenvalue weighted by molar-refractivity contribution is 5.74. The first kappa shape index (κ1) is 31.7. The molecular formula is C34H50N4O4. The van der Waals surface area contributed by atoms with E-state index in [1.807, 2.05) is 25.1 Å². The van der Waals surface area contributed by atoms with E-state index in [4.69, 9.17) is 14.2 Å². The maximum absolute atomic E-state index is 11.2. The van der Waals surface area contributed by atoms with Gasteiger partial charge in [-0.3, -0.25) is 9.69 Å². The van der Waals surface area contributed by atoms with Crippen molar-refractivity contribution < 1.29 is 19.0 Å². The molecule has 0 bridgehead atoms. The van der Waals surface area contributed by atoms with Crippen LogP contribution in [0.15, 0.2) is 59.9 Å². The normalized spacial score (nSPS) is 19.5. The van der Waals surface area contributed by atoms with Crippen molar-refractivity contribution in [3.63, 3.8) is 0 Å². The lowest BCUT2D eigenvalue weighted by atomic mass is 10.1. The number of carbonyl (C=O) groups excluding carboxylic acids is 1. The summed E-state index contributed by atoms with van der Waals surface area (Å²) in [4.78, 5) is 18.4. The number of ether oxygens (including phenoxy) is 3. The fraction of sp³-hybridized carbons (Fsp3) is 0.559. The summed E-state index contributed by atoms with van der Waals surface area (Å²) in [6.45, 7) is 19.3. The minimum Gasteiger partial charge on any atom is -0.493 e. The molecule has 5 rings (SSSR count). The Hall–Kier alpha value is -3.23. The Morgan fingerprint density at radius 2 is 1.36 bits per heavy atom. The monoisotopic (exact) mass is 578 g/mol. The average molecular weight is 579 g/mol. The van der Waals surface area contributed by atoms with Crippen molar-refractivity contribution >= 4 is 17.7 Å². The standard InChI is InChI=1S/C21H30N2O3.C13H20N2O/c1-4-20-17(15-24)13-18(26-20)14-22-9-11-23(12-10-22)19-7-5-6-8-21(19)25-16(2)3;1-11(2)16-13-6-4-3-5-12(13)15-9-7-14-8-10-15/h5-8,15-16,18H,4,9-14H2,1-3H3;3-6,11,14H,7-10H2,1-2H3. The van der Waals surface area contributed by atoms with E-state index >= 15 is 0 Å². The zero-order valence-electron chi connectivity index (χ0n) is 26.2. The van der Waals surface area contributed by atoms with Gasteiger partial charge in [0.2, 0.25) is 0 Å². The number of aldehydes is 1. The van der Waals surface area contributed by atoms with Crippen molar-refractivity contribution in [2.75, 3.05) is 68.7 Å². The second kappa shape index (κ2) is 15.8. The molecule has 3 heterocycles. The number of carbonyl (C=O) groups is 1. The first-order valence-electron chi connectivity index (χ1n) is 15.7. The summed E-state index contributed by atoms with van der Waals surface area (Å²) in [6.07, 6.45) is 3.02. The van der Waals surface area contributed by atoms with Crippen LogP contribution in [-0.4, -0.2) is 88.4 Å². The van der Waals surface area contributed by atoms with E-state index in [1.54, 1.807) is 0 Å². The third-order valence-electron chi connectivity index (χ3n) is 7.67. The van der Waals surface area contributed by atoms with Gasteiger partial charge in [-0.25, -0.2) is 0 Å². The Morgan fingerprint density at radius 3 is 1.83 bits per heavy atom. The van der Waals surface area contributed by atoms with Crippen molar-refractivity contribution in [2.24, 2.45) is 0 Å². The quantitative estimate of drug-likeness (QED) is 0.390. The molecule has 0 spiro atoms. The molecule has 3 aliphatic rings. The molecule has 0 amide bonds. The zero-order valence-corrected chi connectivity index (χ0v) is 26.2. The molecule has 3 aliphatic heterocycles. The summed E-state index contributed by atoms with van der Waals surface area (Å²) in [7, 11) is 0. The number of hydrogen-bond acceptors (Lipinski definition) is 8. The van der Waals surface area contributed by atoms with Gasteiger partial charge < -0.3 is 29.3 Å². The van der Waals surface area contributed by atoms with Crippen LogP contribution in [0.1, 0.15) is 47.5 Å². The minimum atomic E-state index is 0.119. The van der Waals surface area contributed by atoms with Crippen LogP contribution in [0, 0.1) is 0 Å². The summed E-state index contributed by atoms with van der Waals surface area (Å²) < 4.78 is 17.8. The molecule has 0 aromatic heterocycles. The third-order valence-corrected chi connectivity index (χ3v) is 7.67. The molecular weight excluding hydrogens is 528 g/mol. The SMILES string of the molecule is CC(C)Oc1ccccc1N1CCNCC1.CCC1=C(C=O)CC(CN2CCN(c3ccccc3OC(C)C)CC2)O1. The first-order chi connectivity index (χ1) is 20.4. The van der Waals surface area contributed by atoms with Gasteiger partial charge in [0.25, 0.3) is 0 Å². The van der Waals surface area contributed by atoms with Crippen LogP contribution in [0.25, 0.3) is 0 Å². The van der Waals surface area contributed by atoms with Gasteiger partial charge in [-0.2, -0.15) is 0 Å². The van der Waals surface area contributed by atoms with E-state index in [0.717, 1.165) is 101 Å². The lowest BCUT2D eigenvalue weighted by Gasteiger charge is -2.37. The summed E-state index contributed by atoms with van der Waals surface area (Å²) >= 11 is 0. The van der Waals surface area contributed by atoms with Crippen LogP contribution in [0.3, 0.4) is 0 Å². The molecule has 1 unspecified atom stereocenters. The summed E-state index contributed by atoms with van der Waals surface area (Å²) in [6, 6.07) is 16.6. The maximum atomic E-state index is 11.2. The largest absolute Gasteiger partial charge is 0.493 e. The van der Waals surface area contributed by atoms with Crippen LogP contribution >= 0.6 is 0 Å². The average Bonchev–Trinajstić information content (AvgIpc) is 3.40. The molecule has 0 saturated carbocycles. The van der Waals surface area contributed by atoms with Crippen molar-refractivity contribution in [3.8, 4) is 11.5 Å². The number of rotatable bonds is 10. The van der Waals surface area contributed by atoms with Gasteiger partial charge >= 0.3 is 0 Å². The van der Waals surface area contributed by atoms with Gasteiger partial charge in [-0.15, -0.1) is 0 Å². The number of anilines is 2. The van der Waals surface area contributed by atoms with E-state index in [9.17, 15) is 4.79 Å². The molecule has 8 heteroatoms. The van der Waals surface area contributed by atoms with Crippen molar-refractivity contribution in [1.29, 1.82) is 0 Å². The Labute approximate surface area is 252 Å². The summed E-state index contributed by atoms with van der Waals surface area (Å²) in [5, 5.41) is 3.36. The Kier molecular flexibility index (Phi) is 12.0. The van der Waals surface area contributed by atoms with E-state index in [0.29, 0.717) is 0 Å². The van der Waals surface area contributed by atoms with Gasteiger partial charge in [-0.05, 0) is 52.0 Å². The molecule has 2 saturated heterocycles. The van der Waals surface area contributed by atoms with Crippen molar-refractivity contribution in [3.05, 3.63) is 59.9 Å². The van der Waals surface area contributed by atoms with Gasteiger partial charge in [0.1, 0.15) is 29.6 Å². The fourth-order valence-corrected chi connectivity index (χ4v) is 5.71. The molecule has 1 N–H and O–H groups in total. The number of nitrogens with zero attached hydrogens (tertiary/aromatic N) is 3. The number of allylic oxidation sites excluding steroid dienone is 1. The fourth-order valence-electron chi connectivity index (χ4n) is 5.71. The Morgan fingerprint density at radius 1 is 0.833 bits per heavy atom. The molecule has 2 aromatic carbocycles.